The van der Waals surface area contributed by atoms with Crippen LogP contribution >= 0.6 is 30.8 Å². The minimum Gasteiger partial charge on any atom is -0.457 e. The molecule has 1 rings (SSSR count). The van der Waals surface area contributed by atoms with Gasteiger partial charge < -0.3 is 13.8 Å². The highest BCUT2D eigenvalue weighted by Gasteiger charge is 2.32. The molecule has 1 aromatic carbocycles. The van der Waals surface area contributed by atoms with Gasteiger partial charge in [-0.3, -0.25) is 9.36 Å². The van der Waals surface area contributed by atoms with E-state index in [1.165, 1.54) is 0 Å². The highest BCUT2D eigenvalue weighted by Crippen LogP contribution is 2.52. The molecule has 8 heteroatoms. The van der Waals surface area contributed by atoms with E-state index in [1.807, 2.05) is 6.92 Å². The van der Waals surface area contributed by atoms with Crippen molar-refractivity contribution in [2.24, 2.45) is 0 Å². The second-order valence-corrected chi connectivity index (χ2v) is 7.97. The van der Waals surface area contributed by atoms with E-state index in [0.717, 1.165) is 0 Å². The summed E-state index contributed by atoms with van der Waals surface area (Å²) in [5, 5.41) is 0.788. The molecule has 0 aliphatic heterocycles. The van der Waals surface area contributed by atoms with Crippen molar-refractivity contribution in [1.29, 1.82) is 0 Å². The number of halogens is 2. The molecule has 1 atom stereocenters. The molecular formula is C16H23Cl2O5P. The lowest BCUT2D eigenvalue weighted by Crippen LogP contribution is -2.17. The van der Waals surface area contributed by atoms with Crippen LogP contribution < -0.4 is 0 Å². The SMILES string of the molecule is CCCC(=O)OC(CP(=O)(OCC)OCC)c1ccc(Cl)cc1Cl. The van der Waals surface area contributed by atoms with Gasteiger partial charge >= 0.3 is 13.6 Å². The van der Waals surface area contributed by atoms with Crippen LogP contribution in [0.4, 0.5) is 0 Å². The Morgan fingerprint density at radius 1 is 1.17 bits per heavy atom. The molecule has 0 aliphatic carbocycles. The maximum Gasteiger partial charge on any atom is 0.334 e. The van der Waals surface area contributed by atoms with Crippen molar-refractivity contribution in [3.63, 3.8) is 0 Å². The van der Waals surface area contributed by atoms with Crippen LogP contribution in [0.2, 0.25) is 10.0 Å². The van der Waals surface area contributed by atoms with Gasteiger partial charge in [-0.15, -0.1) is 0 Å². The monoisotopic (exact) mass is 396 g/mol. The normalized spacial score (nSPS) is 12.9. The highest BCUT2D eigenvalue weighted by molar-refractivity contribution is 7.53. The van der Waals surface area contributed by atoms with E-state index in [-0.39, 0.29) is 25.8 Å². The second-order valence-electron chi connectivity index (χ2n) is 5.02. The number of hydrogen-bond donors (Lipinski definition) is 0. The average Bonchev–Trinajstić information content (AvgIpc) is 2.47. The van der Waals surface area contributed by atoms with Crippen LogP contribution in [0.3, 0.4) is 0 Å². The zero-order chi connectivity index (χ0) is 18.2. The molecule has 0 aromatic heterocycles. The highest BCUT2D eigenvalue weighted by atomic mass is 35.5. The third-order valence-electron chi connectivity index (χ3n) is 3.08. The van der Waals surface area contributed by atoms with Gasteiger partial charge in [-0.1, -0.05) is 36.2 Å². The van der Waals surface area contributed by atoms with Gasteiger partial charge in [0.2, 0.25) is 0 Å². The molecule has 0 N–H and O–H groups in total. The fraction of sp³-hybridized carbons (Fsp3) is 0.562. The Hall–Kier alpha value is -0.580. The van der Waals surface area contributed by atoms with Crippen LogP contribution in [0, 0.1) is 0 Å². The van der Waals surface area contributed by atoms with Gasteiger partial charge in [0.05, 0.1) is 19.4 Å². The zero-order valence-corrected chi connectivity index (χ0v) is 16.5. The number of rotatable bonds is 10. The van der Waals surface area contributed by atoms with E-state index < -0.39 is 19.7 Å². The van der Waals surface area contributed by atoms with E-state index >= 15 is 0 Å². The van der Waals surface area contributed by atoms with Crippen molar-refractivity contribution >= 4 is 36.8 Å². The number of carbonyl (C=O) groups excluding carboxylic acids is 1. The number of ether oxygens (including phenoxy) is 1. The van der Waals surface area contributed by atoms with Crippen molar-refractivity contribution in [3.05, 3.63) is 33.8 Å². The number of carbonyl (C=O) groups is 1. The van der Waals surface area contributed by atoms with Gasteiger partial charge in [-0.05, 0) is 32.4 Å². The van der Waals surface area contributed by atoms with Gasteiger partial charge in [0, 0.05) is 22.0 Å². The minimum atomic E-state index is -3.42. The Balaban J connectivity index is 3.12. The molecule has 5 nitrogen and oxygen atoms in total. The number of esters is 1. The van der Waals surface area contributed by atoms with Crippen molar-refractivity contribution in [2.45, 2.75) is 39.7 Å². The predicted octanol–water partition coefficient (Wildman–Crippen LogP) is 5.64. The Bertz CT molecular complexity index is 584. The molecule has 0 amide bonds. The zero-order valence-electron chi connectivity index (χ0n) is 14.1. The quantitative estimate of drug-likeness (QED) is 0.378. The standard InChI is InChI=1S/C16H23Cl2O5P/c1-4-7-16(19)23-15(11-24(20,21-5-2)22-6-3)13-9-8-12(17)10-14(13)18/h8-10,15H,4-7,11H2,1-3H3. The summed E-state index contributed by atoms with van der Waals surface area (Å²) in [7, 11) is -3.42. The van der Waals surface area contributed by atoms with Crippen LogP contribution in [0.1, 0.15) is 45.3 Å². The lowest BCUT2D eigenvalue weighted by molar-refractivity contribution is -0.148. The Morgan fingerprint density at radius 3 is 2.29 bits per heavy atom. The molecule has 0 saturated heterocycles. The van der Waals surface area contributed by atoms with Gasteiger partial charge in [0.25, 0.3) is 0 Å². The van der Waals surface area contributed by atoms with Crippen molar-refractivity contribution < 1.29 is 23.1 Å². The topological polar surface area (TPSA) is 61.8 Å². The van der Waals surface area contributed by atoms with E-state index in [9.17, 15) is 9.36 Å². The molecular weight excluding hydrogens is 374 g/mol. The van der Waals surface area contributed by atoms with Crippen molar-refractivity contribution in [3.8, 4) is 0 Å². The van der Waals surface area contributed by atoms with E-state index in [4.69, 9.17) is 37.0 Å². The minimum absolute atomic E-state index is 0.106. The van der Waals surface area contributed by atoms with Crippen LogP contribution in [0.15, 0.2) is 18.2 Å². The molecule has 24 heavy (non-hydrogen) atoms. The summed E-state index contributed by atoms with van der Waals surface area (Å²) in [6, 6.07) is 4.83. The fourth-order valence-electron chi connectivity index (χ4n) is 2.12. The molecule has 0 heterocycles. The third-order valence-corrected chi connectivity index (χ3v) is 5.72. The molecule has 0 fully saturated rings. The molecule has 0 aliphatic rings. The molecule has 0 spiro atoms. The molecule has 0 radical (unpaired) electrons. The molecule has 1 unspecified atom stereocenters. The van der Waals surface area contributed by atoms with E-state index in [2.05, 4.69) is 0 Å². The number of hydrogen-bond acceptors (Lipinski definition) is 5. The summed E-state index contributed by atoms with van der Waals surface area (Å²) in [6.07, 6.45) is -0.0346. The lowest BCUT2D eigenvalue weighted by atomic mass is 10.1. The Labute approximate surface area is 153 Å². The molecule has 0 saturated carbocycles. The van der Waals surface area contributed by atoms with Crippen molar-refractivity contribution in [2.75, 3.05) is 19.4 Å². The summed E-state index contributed by atoms with van der Waals surface area (Å²) in [4.78, 5) is 11.9. The number of benzene rings is 1. The van der Waals surface area contributed by atoms with Gasteiger partial charge in [0.15, 0.2) is 0 Å². The van der Waals surface area contributed by atoms with Crippen LogP contribution in [-0.4, -0.2) is 25.3 Å². The Kier molecular flexibility index (Phi) is 9.32. The maximum atomic E-state index is 12.8. The average molecular weight is 397 g/mol. The molecule has 1 aromatic rings. The first kappa shape index (κ1) is 21.5. The second kappa shape index (κ2) is 10.4. The summed E-state index contributed by atoms with van der Waals surface area (Å²) in [5.74, 6) is -0.395. The first-order valence-corrected chi connectivity index (χ1v) is 10.4. The Morgan fingerprint density at radius 2 is 1.79 bits per heavy atom. The summed E-state index contributed by atoms with van der Waals surface area (Å²) in [6.45, 7) is 5.76. The van der Waals surface area contributed by atoms with Crippen LogP contribution in [0.5, 0.6) is 0 Å². The van der Waals surface area contributed by atoms with E-state index in [1.54, 1.807) is 32.0 Å². The maximum absolute atomic E-state index is 12.8. The van der Waals surface area contributed by atoms with E-state index in [0.29, 0.717) is 22.0 Å². The first-order valence-electron chi connectivity index (χ1n) is 7.87. The summed E-state index contributed by atoms with van der Waals surface area (Å²) < 4.78 is 28.9. The fourth-order valence-corrected chi connectivity index (χ4v) is 4.40. The molecule has 0 bridgehead atoms. The van der Waals surface area contributed by atoms with Crippen LogP contribution in [0.25, 0.3) is 0 Å². The third kappa shape index (κ3) is 6.73. The van der Waals surface area contributed by atoms with Gasteiger partial charge in [-0.2, -0.15) is 0 Å². The summed E-state index contributed by atoms with van der Waals surface area (Å²) >= 11 is 12.1. The van der Waals surface area contributed by atoms with Gasteiger partial charge in [0.1, 0.15) is 6.10 Å². The lowest BCUT2D eigenvalue weighted by Gasteiger charge is -2.24. The smallest absolute Gasteiger partial charge is 0.334 e. The summed E-state index contributed by atoms with van der Waals surface area (Å²) in [5.41, 5.74) is 0.519. The van der Waals surface area contributed by atoms with Gasteiger partial charge in [-0.25, -0.2) is 0 Å². The largest absolute Gasteiger partial charge is 0.457 e. The van der Waals surface area contributed by atoms with Crippen molar-refractivity contribution in [1.82, 2.24) is 0 Å². The predicted molar refractivity (Wildman–Crippen MR) is 95.9 cm³/mol. The van der Waals surface area contributed by atoms with Crippen LogP contribution in [-0.2, 0) is 23.1 Å². The molecule has 136 valence electrons. The first-order chi connectivity index (χ1) is 11.3.